The molecule has 0 saturated carbocycles. The average Bonchev–Trinajstić information content (AvgIpc) is 3.28. The van der Waals surface area contributed by atoms with E-state index in [2.05, 4.69) is 10.3 Å². The predicted octanol–water partition coefficient (Wildman–Crippen LogP) is 3.11. The van der Waals surface area contributed by atoms with Gasteiger partial charge in [0.2, 0.25) is 5.91 Å². The second kappa shape index (κ2) is 9.61. The number of carbonyl (C=O) groups excluding carboxylic acids is 3. The number of nitrogens with one attached hydrogen (secondary N) is 1. The molecule has 9 heteroatoms. The molecular weight excluding hydrogens is 448 g/mol. The molecule has 0 bridgehead atoms. The van der Waals surface area contributed by atoms with Crippen LogP contribution in [0.25, 0.3) is 0 Å². The van der Waals surface area contributed by atoms with E-state index in [1.54, 1.807) is 31.2 Å². The number of aromatic nitrogens is 2. The molecule has 2 amide bonds. The minimum absolute atomic E-state index is 0.0783. The number of ether oxygens (including phenoxy) is 2. The Labute approximate surface area is 203 Å². The molecular formula is C26H28N4O5. The fraction of sp³-hybridized carbons (Fsp3) is 0.308. The Hall–Kier alpha value is -4.14. The number of hydrogen-bond donors (Lipinski definition) is 1. The van der Waals surface area contributed by atoms with Crippen LogP contribution in [0.15, 0.2) is 54.9 Å². The Bertz CT molecular complexity index is 1250. The molecule has 2 aromatic carbocycles. The Kier molecular flexibility index (Phi) is 6.59. The maximum atomic E-state index is 13.8. The first kappa shape index (κ1) is 24.0. The third-order valence-electron chi connectivity index (χ3n) is 6.06. The predicted molar refractivity (Wildman–Crippen MR) is 129 cm³/mol. The second-order valence-electron chi connectivity index (χ2n) is 8.57. The first-order valence-corrected chi connectivity index (χ1v) is 11.3. The summed E-state index contributed by atoms with van der Waals surface area (Å²) >= 11 is 0. The number of rotatable bonds is 7. The molecule has 1 N–H and O–H groups in total. The van der Waals surface area contributed by atoms with Gasteiger partial charge >= 0.3 is 5.97 Å². The summed E-state index contributed by atoms with van der Waals surface area (Å²) in [5.74, 6) is -0.928. The van der Waals surface area contributed by atoms with E-state index in [9.17, 15) is 14.4 Å². The summed E-state index contributed by atoms with van der Waals surface area (Å²) in [4.78, 5) is 45.2. The zero-order valence-corrected chi connectivity index (χ0v) is 20.2. The van der Waals surface area contributed by atoms with Crippen LogP contribution in [-0.2, 0) is 22.6 Å². The van der Waals surface area contributed by atoms with Crippen molar-refractivity contribution in [2.24, 2.45) is 0 Å². The lowest BCUT2D eigenvalue weighted by Crippen LogP contribution is -2.64. The van der Waals surface area contributed by atoms with Crippen LogP contribution in [0, 0.1) is 6.92 Å². The minimum Gasteiger partial charge on any atom is -0.494 e. The third kappa shape index (κ3) is 4.49. The van der Waals surface area contributed by atoms with Gasteiger partial charge in [-0.05, 0) is 50.6 Å². The van der Waals surface area contributed by atoms with E-state index < -0.39 is 17.4 Å². The van der Waals surface area contributed by atoms with Gasteiger partial charge in [-0.2, -0.15) is 0 Å². The largest absolute Gasteiger partial charge is 0.494 e. The Morgan fingerprint density at radius 2 is 1.80 bits per heavy atom. The van der Waals surface area contributed by atoms with Gasteiger partial charge < -0.3 is 19.4 Å². The Balaban J connectivity index is 1.72. The van der Waals surface area contributed by atoms with Gasteiger partial charge in [-0.15, -0.1) is 0 Å². The van der Waals surface area contributed by atoms with E-state index in [1.807, 2.05) is 38.1 Å². The van der Waals surface area contributed by atoms with Crippen LogP contribution < -0.4 is 15.0 Å². The molecule has 182 valence electrons. The van der Waals surface area contributed by atoms with E-state index >= 15 is 0 Å². The number of hydrogen-bond acceptors (Lipinski definition) is 6. The summed E-state index contributed by atoms with van der Waals surface area (Å²) in [5.41, 5.74) is 1.26. The van der Waals surface area contributed by atoms with E-state index in [0.717, 1.165) is 11.1 Å². The number of esters is 1. The molecule has 1 atom stereocenters. The second-order valence-corrected chi connectivity index (χ2v) is 8.57. The van der Waals surface area contributed by atoms with Crippen molar-refractivity contribution in [3.63, 3.8) is 0 Å². The molecule has 0 saturated heterocycles. The zero-order valence-electron chi connectivity index (χ0n) is 20.2. The van der Waals surface area contributed by atoms with Crippen LogP contribution in [0.5, 0.6) is 5.75 Å². The minimum atomic E-state index is -1.30. The summed E-state index contributed by atoms with van der Waals surface area (Å²) in [7, 11) is 1.23. The number of benzene rings is 2. The summed E-state index contributed by atoms with van der Waals surface area (Å²) in [6.45, 7) is 6.49. The van der Waals surface area contributed by atoms with Crippen molar-refractivity contribution in [1.82, 2.24) is 14.9 Å². The zero-order chi connectivity index (χ0) is 25.2. The van der Waals surface area contributed by atoms with E-state index in [1.165, 1.54) is 22.9 Å². The lowest BCUT2D eigenvalue weighted by molar-refractivity contribution is -0.126. The number of fused-ring (bicyclic) bond motifs is 1. The summed E-state index contributed by atoms with van der Waals surface area (Å²) in [6, 6.07) is 14.8. The number of carbonyl (C=O) groups is 3. The van der Waals surface area contributed by atoms with Crippen LogP contribution in [0.4, 0.5) is 5.69 Å². The van der Waals surface area contributed by atoms with E-state index in [0.29, 0.717) is 24.6 Å². The molecule has 9 nitrogen and oxygen atoms in total. The summed E-state index contributed by atoms with van der Waals surface area (Å²) in [6.07, 6.45) is 1.39. The molecule has 0 spiro atoms. The molecule has 0 aliphatic carbocycles. The lowest BCUT2D eigenvalue weighted by Gasteiger charge is -2.43. The number of amides is 2. The Morgan fingerprint density at radius 1 is 1.11 bits per heavy atom. The highest BCUT2D eigenvalue weighted by Crippen LogP contribution is 2.34. The molecule has 1 aliphatic rings. The number of nitrogens with zero attached hydrogens (tertiary/aromatic N) is 3. The molecule has 1 aromatic heterocycles. The van der Waals surface area contributed by atoms with Crippen molar-refractivity contribution in [1.29, 1.82) is 0 Å². The molecule has 4 rings (SSSR count). The van der Waals surface area contributed by atoms with Crippen molar-refractivity contribution in [3.8, 4) is 5.75 Å². The summed E-state index contributed by atoms with van der Waals surface area (Å²) < 4.78 is 11.9. The topological polar surface area (TPSA) is 103 Å². The standard InChI is InChI=1S/C26H28N4O5/c1-5-35-20-12-10-19(11-13-20)30-23(31)22-21(24(32)34-4)28-16-29(22)15-26(30,3)25(33)27-14-18-8-6-17(2)7-9-18/h6-13,16H,5,14-15H2,1-4H3,(H,27,33)/t26-/m1/s1. The van der Waals surface area contributed by atoms with Gasteiger partial charge in [0.15, 0.2) is 5.69 Å². The highest BCUT2D eigenvalue weighted by Gasteiger charge is 2.49. The van der Waals surface area contributed by atoms with Crippen LogP contribution >= 0.6 is 0 Å². The van der Waals surface area contributed by atoms with Crippen molar-refractivity contribution in [2.45, 2.75) is 39.4 Å². The molecule has 35 heavy (non-hydrogen) atoms. The van der Waals surface area contributed by atoms with Crippen LogP contribution in [-0.4, -0.2) is 46.6 Å². The molecule has 1 aliphatic heterocycles. The van der Waals surface area contributed by atoms with Crippen LogP contribution in [0.2, 0.25) is 0 Å². The van der Waals surface area contributed by atoms with Crippen molar-refractivity contribution >= 4 is 23.5 Å². The normalized spacial score (nSPS) is 17.0. The monoisotopic (exact) mass is 476 g/mol. The molecule has 0 radical (unpaired) electrons. The maximum absolute atomic E-state index is 13.8. The van der Waals surface area contributed by atoms with Gasteiger partial charge in [0, 0.05) is 12.2 Å². The third-order valence-corrected chi connectivity index (χ3v) is 6.06. The van der Waals surface area contributed by atoms with Crippen LogP contribution in [0.3, 0.4) is 0 Å². The molecule has 0 unspecified atom stereocenters. The van der Waals surface area contributed by atoms with Crippen molar-refractivity contribution in [2.75, 3.05) is 18.6 Å². The number of imidazole rings is 1. The molecule has 3 aromatic rings. The fourth-order valence-corrected chi connectivity index (χ4v) is 4.22. The van der Waals surface area contributed by atoms with E-state index in [4.69, 9.17) is 9.47 Å². The first-order chi connectivity index (χ1) is 16.8. The molecule has 0 fully saturated rings. The van der Waals surface area contributed by atoms with Crippen LogP contribution in [0.1, 0.15) is 46.0 Å². The fourth-order valence-electron chi connectivity index (χ4n) is 4.22. The number of anilines is 1. The number of aryl methyl sites for hydroxylation is 1. The van der Waals surface area contributed by atoms with Gasteiger partial charge in [0.1, 0.15) is 17.0 Å². The van der Waals surface area contributed by atoms with E-state index in [-0.39, 0.29) is 23.8 Å². The average molecular weight is 477 g/mol. The summed E-state index contributed by atoms with van der Waals surface area (Å²) in [5, 5.41) is 2.97. The number of methoxy groups -OCH3 is 1. The van der Waals surface area contributed by atoms with Gasteiger partial charge in [0.25, 0.3) is 5.91 Å². The van der Waals surface area contributed by atoms with Gasteiger partial charge in [-0.25, -0.2) is 9.78 Å². The first-order valence-electron chi connectivity index (χ1n) is 11.3. The lowest BCUT2D eigenvalue weighted by atomic mass is 9.93. The van der Waals surface area contributed by atoms with Gasteiger partial charge in [-0.3, -0.25) is 14.5 Å². The molecule has 2 heterocycles. The van der Waals surface area contributed by atoms with Gasteiger partial charge in [-0.1, -0.05) is 29.8 Å². The SMILES string of the molecule is CCOc1ccc(N2C(=O)c3c(C(=O)OC)ncn3C[C@]2(C)C(=O)NCc2ccc(C)cc2)cc1. The van der Waals surface area contributed by atoms with Crippen molar-refractivity contribution < 1.29 is 23.9 Å². The Morgan fingerprint density at radius 3 is 2.43 bits per heavy atom. The van der Waals surface area contributed by atoms with Gasteiger partial charge in [0.05, 0.1) is 26.6 Å². The van der Waals surface area contributed by atoms with Crippen molar-refractivity contribution in [3.05, 3.63) is 77.4 Å². The smallest absolute Gasteiger partial charge is 0.359 e. The maximum Gasteiger partial charge on any atom is 0.359 e. The quantitative estimate of drug-likeness (QED) is 0.526. The highest BCUT2D eigenvalue weighted by atomic mass is 16.5. The highest BCUT2D eigenvalue weighted by molar-refractivity contribution is 6.15.